The fraction of sp³-hybridized carbons (Fsp3) is 0.471. The van der Waals surface area contributed by atoms with Gasteiger partial charge in [0.25, 0.3) is 0 Å². The minimum absolute atomic E-state index is 0.0349. The van der Waals surface area contributed by atoms with Crippen LogP contribution in [-0.4, -0.2) is 42.6 Å². The van der Waals surface area contributed by atoms with E-state index in [0.29, 0.717) is 30.4 Å². The molecule has 0 heterocycles. The largest absolute Gasteiger partial charge is 0.508 e. The van der Waals surface area contributed by atoms with Gasteiger partial charge in [-0.25, -0.2) is 9.59 Å². The summed E-state index contributed by atoms with van der Waals surface area (Å²) in [7, 11) is 0. The molecule has 0 unspecified atom stereocenters. The van der Waals surface area contributed by atoms with E-state index in [-0.39, 0.29) is 39.7 Å². The molecule has 0 fully saturated rings. The van der Waals surface area contributed by atoms with Crippen LogP contribution in [0.4, 0.5) is 0 Å². The highest BCUT2D eigenvalue weighted by Gasteiger charge is 2.21. The Kier molecular flexibility index (Phi) is 15.9. The fourth-order valence-electron chi connectivity index (χ4n) is 4.60. The van der Waals surface area contributed by atoms with Gasteiger partial charge in [-0.1, -0.05) is 62.8 Å². The van der Waals surface area contributed by atoms with Gasteiger partial charge in [-0.3, -0.25) is 0 Å². The SMILES string of the molecule is CCCCCc1cc(O)c(C/C=C(\C)CCC=C(C)C)c(O)c1C(=O)O.CCCCCc1cc(O)cc(O)c1C(=O)O. The zero-order valence-electron chi connectivity index (χ0n) is 25.7. The highest BCUT2D eigenvalue weighted by Crippen LogP contribution is 2.35. The van der Waals surface area contributed by atoms with E-state index < -0.39 is 11.9 Å². The summed E-state index contributed by atoms with van der Waals surface area (Å²) >= 11 is 0. The number of phenolic OH excluding ortho intramolecular Hbond substituents is 2. The standard InChI is InChI=1S/C22H32O4.C12H16O4/c1-5-6-7-11-17-14-19(23)18(21(24)20(17)22(25)26)13-12-16(4)10-8-9-15(2)3;1-2-3-4-5-8-6-9(13)7-10(14)11(8)12(15)16/h9,12,14,23-24H,5-8,10-11,13H2,1-4H3,(H,25,26);6-7,13-14H,2-5H2,1H3,(H,15,16)/b16-12+;. The van der Waals surface area contributed by atoms with Crippen molar-refractivity contribution in [2.24, 2.45) is 0 Å². The fourth-order valence-corrected chi connectivity index (χ4v) is 4.60. The number of aromatic carboxylic acids is 2. The van der Waals surface area contributed by atoms with E-state index in [0.717, 1.165) is 63.0 Å². The maximum atomic E-state index is 11.6. The number of unbranched alkanes of at least 4 members (excludes halogenated alkanes) is 4. The minimum atomic E-state index is -1.16. The van der Waals surface area contributed by atoms with Crippen molar-refractivity contribution in [2.45, 2.75) is 105 Å². The lowest BCUT2D eigenvalue weighted by atomic mass is 9.95. The summed E-state index contributed by atoms with van der Waals surface area (Å²) in [5, 5.41) is 58.0. The van der Waals surface area contributed by atoms with Crippen LogP contribution in [0.3, 0.4) is 0 Å². The van der Waals surface area contributed by atoms with Gasteiger partial charge in [0.05, 0.1) is 0 Å². The summed E-state index contributed by atoms with van der Waals surface area (Å²) in [6.45, 7) is 10.2. The van der Waals surface area contributed by atoms with Gasteiger partial charge in [0.2, 0.25) is 0 Å². The maximum absolute atomic E-state index is 11.6. The smallest absolute Gasteiger partial charge is 0.339 e. The van der Waals surface area contributed by atoms with Gasteiger partial charge in [-0.2, -0.15) is 0 Å². The molecule has 0 saturated heterocycles. The highest BCUT2D eigenvalue weighted by atomic mass is 16.4. The number of benzene rings is 2. The molecule has 0 aliphatic rings. The van der Waals surface area contributed by atoms with Gasteiger partial charge in [0.1, 0.15) is 34.1 Å². The summed E-state index contributed by atoms with van der Waals surface area (Å²) in [4.78, 5) is 22.6. The number of aryl methyl sites for hydroxylation is 2. The van der Waals surface area contributed by atoms with Crippen LogP contribution in [-0.2, 0) is 19.3 Å². The third-order valence-electron chi connectivity index (χ3n) is 6.92. The molecular weight excluding hydrogens is 536 g/mol. The molecule has 2 aromatic rings. The van der Waals surface area contributed by atoms with E-state index in [1.165, 1.54) is 17.7 Å². The molecule has 0 atom stereocenters. The van der Waals surface area contributed by atoms with Crippen molar-refractivity contribution in [3.05, 3.63) is 69.3 Å². The Morgan fingerprint density at radius 1 is 0.714 bits per heavy atom. The molecule has 0 amide bonds. The van der Waals surface area contributed by atoms with Crippen molar-refractivity contribution in [3.8, 4) is 23.0 Å². The number of hydrogen-bond donors (Lipinski definition) is 6. The van der Waals surface area contributed by atoms with Crippen LogP contribution in [0, 0.1) is 0 Å². The van der Waals surface area contributed by atoms with Crippen LogP contribution in [0.1, 0.15) is 123 Å². The molecular formula is C34H48O8. The van der Waals surface area contributed by atoms with Crippen LogP contribution < -0.4 is 0 Å². The summed E-state index contributed by atoms with van der Waals surface area (Å²) in [6, 6.07) is 3.95. The normalized spacial score (nSPS) is 11.0. The van der Waals surface area contributed by atoms with Crippen molar-refractivity contribution >= 4 is 11.9 Å². The van der Waals surface area contributed by atoms with E-state index in [1.54, 1.807) is 0 Å². The predicted molar refractivity (Wildman–Crippen MR) is 166 cm³/mol. The van der Waals surface area contributed by atoms with E-state index >= 15 is 0 Å². The Morgan fingerprint density at radius 2 is 1.26 bits per heavy atom. The van der Waals surface area contributed by atoms with Crippen LogP contribution in [0.5, 0.6) is 23.0 Å². The number of phenols is 4. The monoisotopic (exact) mass is 584 g/mol. The van der Waals surface area contributed by atoms with Crippen LogP contribution in [0.15, 0.2) is 41.5 Å². The predicted octanol–water partition coefficient (Wildman–Crippen LogP) is 8.29. The van der Waals surface area contributed by atoms with Crippen molar-refractivity contribution < 1.29 is 40.2 Å². The Balaban J connectivity index is 0.000000470. The molecule has 2 rings (SSSR count). The van der Waals surface area contributed by atoms with Crippen molar-refractivity contribution in [3.63, 3.8) is 0 Å². The first-order valence-electron chi connectivity index (χ1n) is 14.7. The van der Waals surface area contributed by atoms with E-state index in [9.17, 15) is 35.1 Å². The highest BCUT2D eigenvalue weighted by molar-refractivity contribution is 5.94. The number of rotatable bonds is 15. The number of carbonyl (C=O) groups is 2. The zero-order chi connectivity index (χ0) is 31.8. The van der Waals surface area contributed by atoms with Crippen LogP contribution >= 0.6 is 0 Å². The molecule has 0 radical (unpaired) electrons. The Labute approximate surface area is 249 Å². The third-order valence-corrected chi connectivity index (χ3v) is 6.92. The number of allylic oxidation sites excluding steroid dienone is 4. The molecule has 232 valence electrons. The lowest BCUT2D eigenvalue weighted by Gasteiger charge is -2.14. The first kappa shape index (κ1) is 36.1. The molecule has 42 heavy (non-hydrogen) atoms. The Hall–Kier alpha value is -3.94. The molecule has 8 heteroatoms. The second-order valence-corrected chi connectivity index (χ2v) is 10.9. The molecule has 0 spiro atoms. The molecule has 8 nitrogen and oxygen atoms in total. The summed E-state index contributed by atoms with van der Waals surface area (Å²) in [5.74, 6) is -3.14. The molecule has 6 N–H and O–H groups in total. The first-order valence-corrected chi connectivity index (χ1v) is 14.7. The molecule has 2 aromatic carbocycles. The van der Waals surface area contributed by atoms with Crippen LogP contribution in [0.2, 0.25) is 0 Å². The third kappa shape index (κ3) is 11.9. The molecule has 0 aliphatic heterocycles. The van der Waals surface area contributed by atoms with Gasteiger partial charge < -0.3 is 30.6 Å². The number of carboxylic acids is 2. The number of aromatic hydroxyl groups is 4. The molecule has 0 saturated carbocycles. The molecule has 0 bridgehead atoms. The first-order chi connectivity index (χ1) is 19.8. The summed E-state index contributed by atoms with van der Waals surface area (Å²) in [6.07, 6.45) is 13.1. The Morgan fingerprint density at radius 3 is 1.76 bits per heavy atom. The topological polar surface area (TPSA) is 156 Å². The van der Waals surface area contributed by atoms with Crippen molar-refractivity contribution in [2.75, 3.05) is 0 Å². The van der Waals surface area contributed by atoms with E-state index in [1.807, 2.05) is 13.0 Å². The van der Waals surface area contributed by atoms with Gasteiger partial charge in [-0.05, 0) is 89.0 Å². The van der Waals surface area contributed by atoms with E-state index in [2.05, 4.69) is 33.8 Å². The van der Waals surface area contributed by atoms with Gasteiger partial charge >= 0.3 is 11.9 Å². The Bertz CT molecular complexity index is 1250. The maximum Gasteiger partial charge on any atom is 0.339 e. The van der Waals surface area contributed by atoms with Gasteiger partial charge in [0.15, 0.2) is 0 Å². The second-order valence-electron chi connectivity index (χ2n) is 10.9. The summed E-state index contributed by atoms with van der Waals surface area (Å²) < 4.78 is 0. The van der Waals surface area contributed by atoms with Gasteiger partial charge in [-0.15, -0.1) is 0 Å². The lowest BCUT2D eigenvalue weighted by Crippen LogP contribution is -2.05. The van der Waals surface area contributed by atoms with Crippen molar-refractivity contribution in [1.82, 2.24) is 0 Å². The summed E-state index contributed by atoms with van der Waals surface area (Å²) in [5.41, 5.74) is 3.50. The number of carboxylic acid groups (broad SMARTS) is 2. The van der Waals surface area contributed by atoms with Gasteiger partial charge in [0, 0.05) is 11.6 Å². The second kappa shape index (κ2) is 18.5. The lowest BCUT2D eigenvalue weighted by molar-refractivity contribution is 0.0680. The quantitative estimate of drug-likeness (QED) is 0.0902. The minimum Gasteiger partial charge on any atom is -0.508 e. The average Bonchev–Trinajstić information content (AvgIpc) is 2.88. The molecule has 0 aromatic heterocycles. The average molecular weight is 585 g/mol. The molecule has 0 aliphatic carbocycles. The van der Waals surface area contributed by atoms with Crippen LogP contribution in [0.25, 0.3) is 0 Å². The van der Waals surface area contributed by atoms with Crippen molar-refractivity contribution in [1.29, 1.82) is 0 Å². The zero-order valence-corrected chi connectivity index (χ0v) is 25.7. The van der Waals surface area contributed by atoms with E-state index in [4.69, 9.17) is 5.11 Å². The number of hydrogen-bond acceptors (Lipinski definition) is 6.